The summed E-state index contributed by atoms with van der Waals surface area (Å²) in [4.78, 5) is 28.4. The Bertz CT molecular complexity index is 1370. The predicted molar refractivity (Wildman–Crippen MR) is 144 cm³/mol. The van der Waals surface area contributed by atoms with Gasteiger partial charge < -0.3 is 20.9 Å². The molecule has 1 aliphatic carbocycles. The number of aromatic nitrogens is 4. The second-order valence-corrected chi connectivity index (χ2v) is 9.36. The van der Waals surface area contributed by atoms with Crippen LogP contribution in [0.3, 0.4) is 0 Å². The number of hydrogen-bond donors (Lipinski definition) is 4. The number of nitrogens with one attached hydrogen (secondary N) is 4. The summed E-state index contributed by atoms with van der Waals surface area (Å²) in [6.45, 7) is 4.12. The summed E-state index contributed by atoms with van der Waals surface area (Å²) in [5, 5.41) is 11.5. The maximum Gasteiger partial charge on any atom is 0.247 e. The van der Waals surface area contributed by atoms with E-state index < -0.39 is 0 Å². The molecular formula is C27H28ClN7O. The molecular weight excluding hydrogens is 474 g/mol. The molecule has 36 heavy (non-hydrogen) atoms. The van der Waals surface area contributed by atoms with Gasteiger partial charge >= 0.3 is 0 Å². The van der Waals surface area contributed by atoms with Crippen molar-refractivity contribution in [2.45, 2.75) is 44.3 Å². The topological polar surface area (TPSA) is 108 Å². The highest BCUT2D eigenvalue weighted by Gasteiger charge is 2.23. The molecule has 3 aromatic heterocycles. The van der Waals surface area contributed by atoms with E-state index in [1.807, 2.05) is 36.5 Å². The van der Waals surface area contributed by atoms with Crippen LogP contribution in [0.15, 0.2) is 67.6 Å². The van der Waals surface area contributed by atoms with E-state index in [9.17, 15) is 4.79 Å². The lowest BCUT2D eigenvalue weighted by atomic mass is 9.91. The summed E-state index contributed by atoms with van der Waals surface area (Å²) in [5.74, 6) is 0.339. The third-order valence-corrected chi connectivity index (χ3v) is 6.72. The molecule has 0 bridgehead atoms. The van der Waals surface area contributed by atoms with Gasteiger partial charge in [0, 0.05) is 41.3 Å². The number of hydrogen-bond acceptors (Lipinski definition) is 6. The third kappa shape index (κ3) is 5.56. The van der Waals surface area contributed by atoms with Gasteiger partial charge in [-0.3, -0.25) is 9.78 Å². The number of benzene rings is 1. The number of anilines is 2. The fourth-order valence-corrected chi connectivity index (χ4v) is 4.82. The minimum atomic E-state index is -0.248. The highest BCUT2D eigenvalue weighted by molar-refractivity contribution is 6.33. The molecule has 184 valence electrons. The third-order valence-electron chi connectivity index (χ3n) is 6.45. The van der Waals surface area contributed by atoms with Crippen LogP contribution in [0, 0.1) is 0 Å². The lowest BCUT2D eigenvalue weighted by Crippen LogP contribution is -2.39. The lowest BCUT2D eigenvalue weighted by Gasteiger charge is -2.30. The molecule has 0 spiro atoms. The standard InChI is InChI=1S/C27H28ClN7O/c1-2-25(36)33-20-11-10-19(30-14-20)13-29-17-6-5-7-18(12-17)34-27-32-16-23(28)26(35-27)22-15-31-24-9-4-3-8-21(22)24/h2-4,8-11,14-18,29,31H,1,5-7,12-13H2,(H,33,36)(H,32,34,35)/t17-,18+/m0/s1. The van der Waals surface area contributed by atoms with Crippen molar-refractivity contribution in [3.63, 3.8) is 0 Å². The van der Waals surface area contributed by atoms with E-state index in [1.165, 1.54) is 6.08 Å². The molecule has 1 saturated carbocycles. The molecule has 5 rings (SSSR count). The Balaban J connectivity index is 1.20. The van der Waals surface area contributed by atoms with Gasteiger partial charge in [0.2, 0.25) is 11.9 Å². The van der Waals surface area contributed by atoms with Crippen LogP contribution in [0.4, 0.5) is 11.6 Å². The number of nitrogens with zero attached hydrogens (tertiary/aromatic N) is 3. The highest BCUT2D eigenvalue weighted by Crippen LogP contribution is 2.32. The summed E-state index contributed by atoms with van der Waals surface area (Å²) in [6.07, 6.45) is 10.7. The van der Waals surface area contributed by atoms with Gasteiger partial charge in [0.25, 0.3) is 0 Å². The molecule has 9 heteroatoms. The average Bonchev–Trinajstić information content (AvgIpc) is 3.33. The molecule has 0 aliphatic heterocycles. The van der Waals surface area contributed by atoms with Crippen LogP contribution in [0.25, 0.3) is 22.2 Å². The maximum atomic E-state index is 11.4. The number of para-hydroxylation sites is 1. The van der Waals surface area contributed by atoms with Crippen LogP contribution in [-0.2, 0) is 11.3 Å². The van der Waals surface area contributed by atoms with Gasteiger partial charge in [-0.15, -0.1) is 0 Å². The monoisotopic (exact) mass is 501 g/mol. The quantitative estimate of drug-likeness (QED) is 0.244. The Hall–Kier alpha value is -3.75. The first-order valence-corrected chi connectivity index (χ1v) is 12.4. The number of pyridine rings is 1. The minimum absolute atomic E-state index is 0.248. The number of amides is 1. The molecule has 3 heterocycles. The number of aromatic amines is 1. The fourth-order valence-electron chi connectivity index (χ4n) is 4.63. The van der Waals surface area contributed by atoms with Gasteiger partial charge in [-0.1, -0.05) is 36.4 Å². The number of carbonyl (C=O) groups is 1. The molecule has 0 unspecified atom stereocenters. The zero-order valence-electron chi connectivity index (χ0n) is 19.8. The molecule has 4 aromatic rings. The maximum absolute atomic E-state index is 11.4. The molecule has 8 nitrogen and oxygen atoms in total. The summed E-state index contributed by atoms with van der Waals surface area (Å²) in [6, 6.07) is 12.5. The number of rotatable bonds is 8. The molecule has 1 aromatic carbocycles. The summed E-state index contributed by atoms with van der Waals surface area (Å²) in [7, 11) is 0. The first-order chi connectivity index (χ1) is 17.6. The van der Waals surface area contributed by atoms with Crippen molar-refractivity contribution < 1.29 is 4.79 Å². The summed E-state index contributed by atoms with van der Waals surface area (Å²) in [5.41, 5.74) is 4.30. The Kier molecular flexibility index (Phi) is 7.25. The molecule has 1 aliphatic rings. The molecule has 1 amide bonds. The Morgan fingerprint density at radius 3 is 2.83 bits per heavy atom. The van der Waals surface area contributed by atoms with Crippen molar-refractivity contribution in [3.8, 4) is 11.3 Å². The first kappa shape index (κ1) is 24.0. The molecule has 0 radical (unpaired) electrons. The normalized spacial score (nSPS) is 17.6. The van der Waals surface area contributed by atoms with Crippen molar-refractivity contribution in [3.05, 3.63) is 78.4 Å². The molecule has 0 saturated heterocycles. The van der Waals surface area contributed by atoms with Crippen molar-refractivity contribution in [2.24, 2.45) is 0 Å². The van der Waals surface area contributed by atoms with Crippen LogP contribution < -0.4 is 16.0 Å². The highest BCUT2D eigenvalue weighted by atomic mass is 35.5. The minimum Gasteiger partial charge on any atom is -0.360 e. The van der Waals surface area contributed by atoms with Gasteiger partial charge in [-0.05, 0) is 50.0 Å². The van der Waals surface area contributed by atoms with E-state index in [4.69, 9.17) is 16.6 Å². The van der Waals surface area contributed by atoms with E-state index >= 15 is 0 Å². The van der Waals surface area contributed by atoms with Crippen molar-refractivity contribution in [1.29, 1.82) is 0 Å². The van der Waals surface area contributed by atoms with Gasteiger partial charge in [0.1, 0.15) is 0 Å². The Labute approximate surface area is 214 Å². The van der Waals surface area contributed by atoms with E-state index in [0.29, 0.717) is 29.2 Å². The van der Waals surface area contributed by atoms with Crippen LogP contribution in [0.5, 0.6) is 0 Å². The Morgan fingerprint density at radius 2 is 2.00 bits per heavy atom. The second-order valence-electron chi connectivity index (χ2n) is 8.96. The average molecular weight is 502 g/mol. The molecule has 4 N–H and O–H groups in total. The van der Waals surface area contributed by atoms with Gasteiger partial charge in [0.15, 0.2) is 0 Å². The number of halogens is 1. The molecule has 1 fully saturated rings. The zero-order valence-corrected chi connectivity index (χ0v) is 20.6. The number of carbonyl (C=O) groups excluding carboxylic acids is 1. The first-order valence-electron chi connectivity index (χ1n) is 12.1. The second kappa shape index (κ2) is 10.9. The summed E-state index contributed by atoms with van der Waals surface area (Å²) < 4.78 is 0. The lowest BCUT2D eigenvalue weighted by molar-refractivity contribution is -0.111. The number of H-pyrrole nitrogens is 1. The van der Waals surface area contributed by atoms with Crippen molar-refractivity contribution in [1.82, 2.24) is 25.3 Å². The fraction of sp³-hybridized carbons (Fsp3) is 0.259. The van der Waals surface area contributed by atoms with Crippen LogP contribution >= 0.6 is 11.6 Å². The van der Waals surface area contributed by atoms with Crippen molar-refractivity contribution >= 4 is 40.0 Å². The van der Waals surface area contributed by atoms with Crippen LogP contribution in [0.1, 0.15) is 31.4 Å². The smallest absolute Gasteiger partial charge is 0.247 e. The van der Waals surface area contributed by atoms with Crippen LogP contribution in [0.2, 0.25) is 5.02 Å². The van der Waals surface area contributed by atoms with E-state index in [0.717, 1.165) is 53.5 Å². The van der Waals surface area contributed by atoms with E-state index in [2.05, 4.69) is 43.5 Å². The summed E-state index contributed by atoms with van der Waals surface area (Å²) >= 11 is 6.49. The largest absolute Gasteiger partial charge is 0.360 e. The van der Waals surface area contributed by atoms with Crippen molar-refractivity contribution in [2.75, 3.05) is 10.6 Å². The van der Waals surface area contributed by atoms with Gasteiger partial charge in [-0.25, -0.2) is 9.97 Å². The van der Waals surface area contributed by atoms with Crippen LogP contribution in [-0.4, -0.2) is 37.9 Å². The Morgan fingerprint density at radius 1 is 1.14 bits per heavy atom. The molecule has 2 atom stereocenters. The van der Waals surface area contributed by atoms with E-state index in [1.54, 1.807) is 12.4 Å². The zero-order chi connectivity index (χ0) is 24.9. The SMILES string of the molecule is C=CC(=O)Nc1ccc(CN[C@H]2CCC[C@@H](Nc3ncc(Cl)c(-c4c[nH]c5ccccc45)n3)C2)nc1. The van der Waals surface area contributed by atoms with Gasteiger partial charge in [0.05, 0.1) is 34.5 Å². The predicted octanol–water partition coefficient (Wildman–Crippen LogP) is 5.31. The van der Waals surface area contributed by atoms with E-state index in [-0.39, 0.29) is 11.9 Å². The number of fused-ring (bicyclic) bond motifs is 1. The van der Waals surface area contributed by atoms with Gasteiger partial charge in [-0.2, -0.15) is 0 Å².